The molecular weight excluding hydrogens is 150 g/mol. The van der Waals surface area contributed by atoms with Crippen LogP contribution in [0.3, 0.4) is 0 Å². The molecule has 0 amide bonds. The number of aliphatic hydroxyl groups is 3. The molecule has 0 saturated carbocycles. The molecule has 3 atom stereocenters. The van der Waals surface area contributed by atoms with Crippen LogP contribution in [0.2, 0.25) is 0 Å². The van der Waals surface area contributed by atoms with Crippen molar-refractivity contribution in [1.29, 1.82) is 0 Å². The van der Waals surface area contributed by atoms with Crippen molar-refractivity contribution >= 4 is 5.78 Å². The number of Topliss-reactive ketones (excluding diaryl/α,β-unsaturated/α-hetero) is 1. The van der Waals surface area contributed by atoms with Gasteiger partial charge in [-0.3, -0.25) is 4.79 Å². The Morgan fingerprint density at radius 3 is 2.27 bits per heavy atom. The summed E-state index contributed by atoms with van der Waals surface area (Å²) >= 11 is 0. The number of hydrogen-bond acceptors (Lipinski definition) is 5. The van der Waals surface area contributed by atoms with E-state index in [0.717, 1.165) is 6.92 Å². The first-order chi connectivity index (χ1) is 5.00. The van der Waals surface area contributed by atoms with E-state index < -0.39 is 30.6 Å². The second kappa shape index (κ2) is 4.40. The number of ketones is 1. The van der Waals surface area contributed by atoms with Gasteiger partial charge in [0.05, 0.1) is 18.8 Å². The van der Waals surface area contributed by atoms with Crippen LogP contribution in [0.5, 0.6) is 0 Å². The van der Waals surface area contributed by atoms with Crippen LogP contribution >= 0.6 is 0 Å². The van der Waals surface area contributed by atoms with Gasteiger partial charge < -0.3 is 21.1 Å². The summed E-state index contributed by atoms with van der Waals surface area (Å²) in [5, 5.41) is 26.2. The van der Waals surface area contributed by atoms with E-state index in [1.54, 1.807) is 0 Å². The molecule has 0 aromatic heterocycles. The third-order valence-electron chi connectivity index (χ3n) is 1.41. The molecule has 0 aromatic carbocycles. The average Bonchev–Trinajstić information content (AvgIpc) is 2.00. The van der Waals surface area contributed by atoms with Gasteiger partial charge in [-0.15, -0.1) is 0 Å². The van der Waals surface area contributed by atoms with Crippen LogP contribution in [0.15, 0.2) is 0 Å². The number of aliphatic hydroxyl groups excluding tert-OH is 3. The van der Waals surface area contributed by atoms with E-state index >= 15 is 0 Å². The van der Waals surface area contributed by atoms with Gasteiger partial charge in [-0.2, -0.15) is 0 Å². The lowest BCUT2D eigenvalue weighted by Crippen LogP contribution is -2.49. The first-order valence-electron chi connectivity index (χ1n) is 3.23. The van der Waals surface area contributed by atoms with Gasteiger partial charge in [0.15, 0.2) is 5.78 Å². The van der Waals surface area contributed by atoms with Gasteiger partial charge in [0.25, 0.3) is 0 Å². The molecule has 0 rings (SSSR count). The summed E-state index contributed by atoms with van der Waals surface area (Å²) in [4.78, 5) is 10.5. The van der Waals surface area contributed by atoms with Crippen LogP contribution in [0.1, 0.15) is 6.92 Å². The predicted octanol–water partition coefficient (Wildman–Crippen LogP) is -2.38. The Balaban J connectivity index is 4.00. The summed E-state index contributed by atoms with van der Waals surface area (Å²) in [6, 6.07) is -1.11. The van der Waals surface area contributed by atoms with Crippen LogP contribution in [0, 0.1) is 0 Å². The highest BCUT2D eigenvalue weighted by atomic mass is 16.3. The first-order valence-corrected chi connectivity index (χ1v) is 3.23. The Kier molecular flexibility index (Phi) is 4.20. The number of rotatable bonds is 4. The highest BCUT2D eigenvalue weighted by Gasteiger charge is 2.25. The minimum atomic E-state index is -1.41. The van der Waals surface area contributed by atoms with E-state index in [2.05, 4.69) is 0 Å². The van der Waals surface area contributed by atoms with Crippen molar-refractivity contribution in [3.8, 4) is 0 Å². The molecule has 0 aliphatic carbocycles. The van der Waals surface area contributed by atoms with Gasteiger partial charge in [-0.05, 0) is 6.92 Å². The third kappa shape index (κ3) is 2.94. The molecule has 0 saturated heterocycles. The van der Waals surface area contributed by atoms with E-state index in [1.165, 1.54) is 0 Å². The van der Waals surface area contributed by atoms with Crippen LogP contribution in [-0.2, 0) is 4.79 Å². The summed E-state index contributed by atoms with van der Waals surface area (Å²) in [5.74, 6) is -0.523. The normalized spacial score (nSPS) is 19.0. The Hall–Kier alpha value is -0.490. The topological polar surface area (TPSA) is 104 Å². The first kappa shape index (κ1) is 10.5. The summed E-state index contributed by atoms with van der Waals surface area (Å²) in [7, 11) is 0. The smallest absolute Gasteiger partial charge is 0.159 e. The van der Waals surface area contributed by atoms with Crippen LogP contribution < -0.4 is 5.73 Å². The average molecular weight is 163 g/mol. The van der Waals surface area contributed by atoms with Gasteiger partial charge in [-0.25, -0.2) is 0 Å². The molecular formula is C6H13NO4. The second-order valence-electron chi connectivity index (χ2n) is 2.38. The Bertz CT molecular complexity index is 139. The highest BCUT2D eigenvalue weighted by Crippen LogP contribution is 1.97. The Labute approximate surface area is 64.4 Å². The molecule has 0 fully saturated rings. The van der Waals surface area contributed by atoms with Crippen molar-refractivity contribution in [3.05, 3.63) is 0 Å². The quantitative estimate of drug-likeness (QED) is 0.370. The van der Waals surface area contributed by atoms with Gasteiger partial charge in [0.2, 0.25) is 0 Å². The van der Waals surface area contributed by atoms with Crippen LogP contribution in [-0.4, -0.2) is 46.0 Å². The largest absolute Gasteiger partial charge is 0.394 e. The van der Waals surface area contributed by atoms with Crippen LogP contribution in [0.4, 0.5) is 0 Å². The Morgan fingerprint density at radius 2 is 2.00 bits per heavy atom. The maximum Gasteiger partial charge on any atom is 0.159 e. The fourth-order valence-electron chi connectivity index (χ4n) is 0.603. The maximum absolute atomic E-state index is 10.5. The monoisotopic (exact) mass is 163 g/mol. The number of carbonyl (C=O) groups is 1. The summed E-state index contributed by atoms with van der Waals surface area (Å²) in [6.07, 6.45) is -2.66. The fourth-order valence-corrected chi connectivity index (χ4v) is 0.603. The van der Waals surface area contributed by atoms with E-state index in [-0.39, 0.29) is 0 Å². The molecule has 0 spiro atoms. The molecule has 0 heterocycles. The zero-order chi connectivity index (χ0) is 9.02. The zero-order valence-electron chi connectivity index (χ0n) is 6.27. The fraction of sp³-hybridized carbons (Fsp3) is 0.833. The number of carbonyl (C=O) groups excluding carboxylic acids is 1. The molecule has 5 heteroatoms. The minimum absolute atomic E-state index is 0.523. The highest BCUT2D eigenvalue weighted by molar-refractivity contribution is 5.80. The number of hydrogen-bond donors (Lipinski definition) is 4. The van der Waals surface area contributed by atoms with Crippen molar-refractivity contribution in [2.45, 2.75) is 25.2 Å². The molecule has 5 N–H and O–H groups in total. The van der Waals surface area contributed by atoms with E-state index in [0.29, 0.717) is 0 Å². The van der Waals surface area contributed by atoms with Crippen molar-refractivity contribution in [2.24, 2.45) is 5.73 Å². The van der Waals surface area contributed by atoms with Gasteiger partial charge in [0, 0.05) is 0 Å². The predicted molar refractivity (Wildman–Crippen MR) is 37.8 cm³/mol. The minimum Gasteiger partial charge on any atom is -0.394 e. The molecule has 0 radical (unpaired) electrons. The van der Waals surface area contributed by atoms with Crippen molar-refractivity contribution < 1.29 is 20.1 Å². The third-order valence-corrected chi connectivity index (χ3v) is 1.41. The van der Waals surface area contributed by atoms with Crippen molar-refractivity contribution in [1.82, 2.24) is 0 Å². The summed E-state index contributed by atoms with van der Waals surface area (Å²) < 4.78 is 0. The molecule has 0 aliphatic rings. The molecule has 0 aromatic rings. The van der Waals surface area contributed by atoms with Gasteiger partial charge >= 0.3 is 0 Å². The molecule has 0 aliphatic heterocycles. The lowest BCUT2D eigenvalue weighted by molar-refractivity contribution is -0.127. The van der Waals surface area contributed by atoms with E-state index in [1.807, 2.05) is 0 Å². The number of nitrogens with two attached hydrogens (primary N) is 1. The molecule has 5 nitrogen and oxygen atoms in total. The van der Waals surface area contributed by atoms with E-state index in [4.69, 9.17) is 21.1 Å². The summed E-state index contributed by atoms with van der Waals surface area (Å²) in [5.41, 5.74) is 5.19. The SMILES string of the molecule is CC(=O)[C@@H](O)C(N)C(O)CO. The standard InChI is InChI=1S/C6H13NO4/c1-3(9)6(11)5(7)4(10)2-8/h4-6,8,10-11H,2,7H2,1H3/t4?,5?,6-/m1/s1. The van der Waals surface area contributed by atoms with Gasteiger partial charge in [0.1, 0.15) is 6.10 Å². The summed E-state index contributed by atoms with van der Waals surface area (Å²) in [6.45, 7) is 0.597. The molecule has 11 heavy (non-hydrogen) atoms. The molecule has 66 valence electrons. The lowest BCUT2D eigenvalue weighted by atomic mass is 10.0. The zero-order valence-corrected chi connectivity index (χ0v) is 6.27. The molecule has 2 unspecified atom stereocenters. The van der Waals surface area contributed by atoms with Crippen molar-refractivity contribution in [2.75, 3.05) is 6.61 Å². The maximum atomic E-state index is 10.5. The second-order valence-corrected chi connectivity index (χ2v) is 2.38. The molecule has 0 bridgehead atoms. The lowest BCUT2D eigenvalue weighted by Gasteiger charge is -2.19. The van der Waals surface area contributed by atoms with Crippen LogP contribution in [0.25, 0.3) is 0 Å². The Morgan fingerprint density at radius 1 is 1.55 bits per heavy atom. The van der Waals surface area contributed by atoms with Crippen molar-refractivity contribution in [3.63, 3.8) is 0 Å². The van der Waals surface area contributed by atoms with E-state index in [9.17, 15) is 4.79 Å². The van der Waals surface area contributed by atoms with Gasteiger partial charge in [-0.1, -0.05) is 0 Å².